The number of aromatic nitrogens is 4. The number of hydrogen-bond acceptors (Lipinski definition) is 7. The first-order valence-corrected chi connectivity index (χ1v) is 9.67. The van der Waals surface area contributed by atoms with Gasteiger partial charge in [-0.15, -0.1) is 16.8 Å². The van der Waals surface area contributed by atoms with E-state index in [1.807, 2.05) is 5.32 Å². The smallest absolute Gasteiger partial charge is 0.420 e. The zero-order chi connectivity index (χ0) is 24.7. The van der Waals surface area contributed by atoms with E-state index in [9.17, 15) is 22.8 Å². The number of benzene rings is 1. The molecule has 2 heterocycles. The number of ether oxygens (including phenoxy) is 2. The standard InChI is InChI=1S/C22H18F3N5O4/c1-3-11-30-13-26-29-19(30)16-9-6-10-17(27-16)34-21(32)28-20(31)14-7-5-8-15(22(23,24)25)18(14)33-12-4-2/h3-10,13H,1-2,11-12H2,(H,28,31,32). The molecule has 0 radical (unpaired) electrons. The summed E-state index contributed by atoms with van der Waals surface area (Å²) in [6.45, 7) is 7.14. The van der Waals surface area contributed by atoms with Crippen molar-refractivity contribution in [2.75, 3.05) is 6.61 Å². The first kappa shape index (κ1) is 24.2. The number of imide groups is 1. The summed E-state index contributed by atoms with van der Waals surface area (Å²) in [5.41, 5.74) is -1.35. The van der Waals surface area contributed by atoms with Gasteiger partial charge in [-0.1, -0.05) is 30.9 Å². The van der Waals surface area contributed by atoms with Crippen LogP contribution in [-0.4, -0.2) is 38.4 Å². The van der Waals surface area contributed by atoms with Gasteiger partial charge in [-0.05, 0) is 18.2 Å². The van der Waals surface area contributed by atoms with Crippen LogP contribution in [0, 0.1) is 0 Å². The quantitative estimate of drug-likeness (QED) is 0.492. The highest BCUT2D eigenvalue weighted by Crippen LogP contribution is 2.38. The molecule has 176 valence electrons. The topological polar surface area (TPSA) is 108 Å². The molecule has 0 saturated heterocycles. The van der Waals surface area contributed by atoms with Gasteiger partial charge in [0, 0.05) is 12.6 Å². The Bertz CT molecular complexity index is 1220. The zero-order valence-corrected chi connectivity index (χ0v) is 17.6. The predicted octanol–water partition coefficient (Wildman–Crippen LogP) is 4.04. The molecular weight excluding hydrogens is 455 g/mol. The second kappa shape index (κ2) is 10.4. The molecule has 2 amide bonds. The Labute approximate surface area is 191 Å². The molecule has 1 N–H and O–H groups in total. The molecule has 1 aromatic carbocycles. The number of carbonyl (C=O) groups is 2. The van der Waals surface area contributed by atoms with Crippen LogP contribution in [0.25, 0.3) is 11.5 Å². The minimum absolute atomic E-state index is 0.178. The lowest BCUT2D eigenvalue weighted by Gasteiger charge is -2.16. The molecule has 0 unspecified atom stereocenters. The number of nitrogens with zero attached hydrogens (tertiary/aromatic N) is 4. The molecule has 3 rings (SSSR count). The van der Waals surface area contributed by atoms with E-state index >= 15 is 0 Å². The van der Waals surface area contributed by atoms with Gasteiger partial charge in [-0.3, -0.25) is 10.1 Å². The van der Waals surface area contributed by atoms with Crippen molar-refractivity contribution in [2.45, 2.75) is 12.7 Å². The van der Waals surface area contributed by atoms with E-state index in [2.05, 4.69) is 28.3 Å². The number of pyridine rings is 1. The number of para-hydroxylation sites is 1. The van der Waals surface area contributed by atoms with Gasteiger partial charge >= 0.3 is 12.3 Å². The van der Waals surface area contributed by atoms with E-state index in [-0.39, 0.29) is 12.5 Å². The molecule has 12 heteroatoms. The van der Waals surface area contributed by atoms with Crippen LogP contribution >= 0.6 is 0 Å². The third-order valence-corrected chi connectivity index (χ3v) is 4.22. The first-order valence-electron chi connectivity index (χ1n) is 9.67. The van der Waals surface area contributed by atoms with Gasteiger partial charge in [0.2, 0.25) is 5.88 Å². The van der Waals surface area contributed by atoms with Crippen molar-refractivity contribution in [3.05, 3.63) is 79.2 Å². The third-order valence-electron chi connectivity index (χ3n) is 4.22. The number of hydrogen-bond donors (Lipinski definition) is 1. The molecule has 0 aliphatic carbocycles. The number of carbonyl (C=O) groups excluding carboxylic acids is 2. The number of nitrogens with one attached hydrogen (secondary N) is 1. The Morgan fingerprint density at radius 3 is 2.59 bits per heavy atom. The van der Waals surface area contributed by atoms with Crippen molar-refractivity contribution >= 4 is 12.0 Å². The molecule has 3 aromatic rings. The summed E-state index contributed by atoms with van der Waals surface area (Å²) in [6.07, 6.45) is -1.72. The average Bonchev–Trinajstić information content (AvgIpc) is 3.25. The Balaban J connectivity index is 1.78. The fourth-order valence-electron chi connectivity index (χ4n) is 2.84. The maximum Gasteiger partial charge on any atom is 0.420 e. The Morgan fingerprint density at radius 2 is 1.88 bits per heavy atom. The molecule has 34 heavy (non-hydrogen) atoms. The summed E-state index contributed by atoms with van der Waals surface area (Å²) >= 11 is 0. The molecule has 2 aromatic heterocycles. The van der Waals surface area contributed by atoms with Crippen molar-refractivity contribution in [1.29, 1.82) is 0 Å². The van der Waals surface area contributed by atoms with E-state index < -0.39 is 35.1 Å². The van der Waals surface area contributed by atoms with Crippen LogP contribution in [0.5, 0.6) is 11.6 Å². The summed E-state index contributed by atoms with van der Waals surface area (Å²) in [4.78, 5) is 28.9. The van der Waals surface area contributed by atoms with Gasteiger partial charge in [0.1, 0.15) is 24.4 Å². The lowest BCUT2D eigenvalue weighted by Crippen LogP contribution is -2.33. The van der Waals surface area contributed by atoms with Gasteiger partial charge in [0.05, 0.1) is 11.1 Å². The van der Waals surface area contributed by atoms with E-state index in [1.54, 1.807) is 16.7 Å². The highest BCUT2D eigenvalue weighted by atomic mass is 19.4. The monoisotopic (exact) mass is 473 g/mol. The van der Waals surface area contributed by atoms with Gasteiger partial charge in [-0.25, -0.2) is 9.78 Å². The second-order valence-corrected chi connectivity index (χ2v) is 6.58. The van der Waals surface area contributed by atoms with Crippen LogP contribution in [-0.2, 0) is 12.7 Å². The van der Waals surface area contributed by atoms with Crippen LogP contribution in [0.3, 0.4) is 0 Å². The third kappa shape index (κ3) is 5.65. The highest BCUT2D eigenvalue weighted by molar-refractivity contribution is 6.05. The number of halogens is 3. The second-order valence-electron chi connectivity index (χ2n) is 6.58. The number of rotatable bonds is 8. The molecule has 9 nitrogen and oxygen atoms in total. The van der Waals surface area contributed by atoms with Crippen molar-refractivity contribution in [3.63, 3.8) is 0 Å². The van der Waals surface area contributed by atoms with Crippen LogP contribution in [0.4, 0.5) is 18.0 Å². The van der Waals surface area contributed by atoms with Gasteiger partial charge in [0.25, 0.3) is 5.91 Å². The summed E-state index contributed by atoms with van der Waals surface area (Å²) < 4.78 is 51.8. The molecule has 0 spiro atoms. The van der Waals surface area contributed by atoms with E-state index in [1.165, 1.54) is 24.5 Å². The fraction of sp³-hybridized carbons (Fsp3) is 0.136. The number of allylic oxidation sites excluding steroid dienone is 1. The molecular formula is C22H18F3N5O4. The average molecular weight is 473 g/mol. The summed E-state index contributed by atoms with van der Waals surface area (Å²) in [5, 5.41) is 9.62. The minimum Gasteiger partial charge on any atom is -0.488 e. The van der Waals surface area contributed by atoms with Crippen molar-refractivity contribution in [1.82, 2.24) is 25.1 Å². The summed E-state index contributed by atoms with van der Waals surface area (Å²) in [5.74, 6) is -1.68. The van der Waals surface area contributed by atoms with Crippen LogP contribution in [0.2, 0.25) is 0 Å². The Kier molecular flexibility index (Phi) is 7.41. The molecule has 0 fully saturated rings. The van der Waals surface area contributed by atoms with Crippen molar-refractivity contribution < 1.29 is 32.2 Å². The molecule has 0 saturated carbocycles. The normalized spacial score (nSPS) is 10.9. The lowest BCUT2D eigenvalue weighted by molar-refractivity contribution is -0.138. The van der Waals surface area contributed by atoms with Crippen molar-refractivity contribution in [2.24, 2.45) is 0 Å². The zero-order valence-electron chi connectivity index (χ0n) is 17.6. The molecule has 0 bridgehead atoms. The summed E-state index contributed by atoms with van der Waals surface area (Å²) in [7, 11) is 0. The Morgan fingerprint density at radius 1 is 1.12 bits per heavy atom. The van der Waals surface area contributed by atoms with Gasteiger partial charge in [0.15, 0.2) is 5.82 Å². The first-order chi connectivity index (χ1) is 16.2. The molecule has 0 atom stereocenters. The maximum absolute atomic E-state index is 13.3. The summed E-state index contributed by atoms with van der Waals surface area (Å²) in [6, 6.07) is 7.35. The predicted molar refractivity (Wildman–Crippen MR) is 114 cm³/mol. The SMILES string of the molecule is C=CCOc1c(C(=O)NC(=O)Oc2cccc(-c3nncn3CC=C)n2)cccc1C(F)(F)F. The largest absolute Gasteiger partial charge is 0.488 e. The number of amides is 2. The maximum atomic E-state index is 13.3. The van der Waals surface area contributed by atoms with E-state index in [0.29, 0.717) is 18.1 Å². The van der Waals surface area contributed by atoms with Crippen LogP contribution < -0.4 is 14.8 Å². The fourth-order valence-corrected chi connectivity index (χ4v) is 2.84. The van der Waals surface area contributed by atoms with E-state index in [0.717, 1.165) is 18.2 Å². The minimum atomic E-state index is -4.79. The number of alkyl halides is 3. The molecule has 0 aliphatic heterocycles. The highest BCUT2D eigenvalue weighted by Gasteiger charge is 2.36. The molecule has 0 aliphatic rings. The van der Waals surface area contributed by atoms with Crippen molar-refractivity contribution in [3.8, 4) is 23.1 Å². The van der Waals surface area contributed by atoms with Crippen LogP contribution in [0.1, 0.15) is 15.9 Å². The lowest BCUT2D eigenvalue weighted by atomic mass is 10.1. The Hall–Kier alpha value is -4.48. The van der Waals surface area contributed by atoms with Gasteiger partial charge < -0.3 is 14.0 Å². The van der Waals surface area contributed by atoms with Crippen LogP contribution in [0.15, 0.2) is 68.0 Å². The van der Waals surface area contributed by atoms with E-state index in [4.69, 9.17) is 9.47 Å². The van der Waals surface area contributed by atoms with Gasteiger partial charge in [-0.2, -0.15) is 13.2 Å².